The fraction of sp³-hybridized carbons (Fsp3) is 0.294. The number of para-hydroxylation sites is 1. The van der Waals surface area contributed by atoms with Crippen molar-refractivity contribution in [3.8, 4) is 5.75 Å². The third kappa shape index (κ3) is 3.91. The van der Waals surface area contributed by atoms with Gasteiger partial charge in [-0.1, -0.05) is 47.5 Å². The molecule has 2 rings (SSSR count). The van der Waals surface area contributed by atoms with E-state index in [4.69, 9.17) is 27.9 Å². The first-order valence-corrected chi connectivity index (χ1v) is 7.66. The number of ether oxygens (including phenoxy) is 1. The lowest BCUT2D eigenvalue weighted by molar-refractivity contribution is 0.238. The van der Waals surface area contributed by atoms with Crippen molar-refractivity contribution in [2.75, 3.05) is 7.05 Å². The number of nitrogens with one attached hydrogen (secondary N) is 1. The van der Waals surface area contributed by atoms with Crippen molar-refractivity contribution in [3.05, 3.63) is 63.6 Å². The fourth-order valence-electron chi connectivity index (χ4n) is 2.27. The molecule has 0 saturated heterocycles. The molecule has 112 valence electrons. The average Bonchev–Trinajstić information content (AvgIpc) is 2.44. The van der Waals surface area contributed by atoms with Crippen LogP contribution < -0.4 is 10.1 Å². The molecule has 21 heavy (non-hydrogen) atoms. The fourth-order valence-corrected chi connectivity index (χ4v) is 2.58. The van der Waals surface area contributed by atoms with Crippen molar-refractivity contribution in [1.82, 2.24) is 5.32 Å². The molecular formula is C17H19Cl2NO. The SMILES string of the molecule is CNC(c1ccc(Cl)c(Cl)c1)c1ccccc1OC(C)C. The van der Waals surface area contributed by atoms with Crippen molar-refractivity contribution in [2.24, 2.45) is 0 Å². The molecule has 0 saturated carbocycles. The zero-order valence-electron chi connectivity index (χ0n) is 12.4. The standard InChI is InChI=1S/C17H19Cl2NO/c1-11(2)21-16-7-5-4-6-13(16)17(20-3)12-8-9-14(18)15(19)10-12/h4-11,17,20H,1-3H3. The van der Waals surface area contributed by atoms with Gasteiger partial charge in [-0.2, -0.15) is 0 Å². The van der Waals surface area contributed by atoms with Gasteiger partial charge in [0.05, 0.1) is 22.2 Å². The van der Waals surface area contributed by atoms with Crippen LogP contribution in [0, 0.1) is 0 Å². The van der Waals surface area contributed by atoms with Gasteiger partial charge in [0.15, 0.2) is 0 Å². The lowest BCUT2D eigenvalue weighted by atomic mass is 9.98. The van der Waals surface area contributed by atoms with Gasteiger partial charge in [0.1, 0.15) is 5.75 Å². The van der Waals surface area contributed by atoms with Gasteiger partial charge in [0, 0.05) is 5.56 Å². The Morgan fingerprint density at radius 2 is 1.71 bits per heavy atom. The lowest BCUT2D eigenvalue weighted by Crippen LogP contribution is -2.19. The van der Waals surface area contributed by atoms with Crippen LogP contribution in [0.15, 0.2) is 42.5 Å². The second-order valence-electron chi connectivity index (χ2n) is 5.10. The Morgan fingerprint density at radius 1 is 1.00 bits per heavy atom. The Hall–Kier alpha value is -1.22. The first-order chi connectivity index (χ1) is 10.0. The molecule has 0 spiro atoms. The van der Waals surface area contributed by atoms with E-state index in [1.165, 1.54) is 0 Å². The van der Waals surface area contributed by atoms with Gasteiger partial charge >= 0.3 is 0 Å². The maximum atomic E-state index is 6.14. The minimum atomic E-state index is -0.00489. The van der Waals surface area contributed by atoms with Crippen LogP contribution in [0.4, 0.5) is 0 Å². The van der Waals surface area contributed by atoms with Crippen LogP contribution in [0.3, 0.4) is 0 Å². The maximum Gasteiger partial charge on any atom is 0.124 e. The minimum absolute atomic E-state index is 0.00489. The van der Waals surface area contributed by atoms with Crippen LogP contribution in [0.1, 0.15) is 31.0 Å². The van der Waals surface area contributed by atoms with E-state index >= 15 is 0 Å². The van der Waals surface area contributed by atoms with E-state index in [2.05, 4.69) is 11.4 Å². The lowest BCUT2D eigenvalue weighted by Gasteiger charge is -2.22. The molecule has 2 aromatic carbocycles. The van der Waals surface area contributed by atoms with Crippen LogP contribution in [-0.2, 0) is 0 Å². The maximum absolute atomic E-state index is 6.14. The second-order valence-corrected chi connectivity index (χ2v) is 5.91. The molecule has 0 amide bonds. The quantitative estimate of drug-likeness (QED) is 0.827. The van der Waals surface area contributed by atoms with E-state index in [0.717, 1.165) is 16.9 Å². The monoisotopic (exact) mass is 323 g/mol. The van der Waals surface area contributed by atoms with E-state index in [0.29, 0.717) is 10.0 Å². The highest BCUT2D eigenvalue weighted by molar-refractivity contribution is 6.42. The van der Waals surface area contributed by atoms with Gasteiger partial charge in [-0.3, -0.25) is 0 Å². The first-order valence-electron chi connectivity index (χ1n) is 6.90. The van der Waals surface area contributed by atoms with E-state index in [1.54, 1.807) is 0 Å². The van der Waals surface area contributed by atoms with Crippen LogP contribution in [0.25, 0.3) is 0 Å². The minimum Gasteiger partial charge on any atom is -0.491 e. The number of halogens is 2. The Morgan fingerprint density at radius 3 is 2.33 bits per heavy atom. The Kier molecular flexibility index (Phi) is 5.51. The largest absolute Gasteiger partial charge is 0.491 e. The molecule has 2 nitrogen and oxygen atoms in total. The van der Waals surface area contributed by atoms with Crippen LogP contribution in [0.5, 0.6) is 5.75 Å². The van der Waals surface area contributed by atoms with Gasteiger partial charge in [-0.25, -0.2) is 0 Å². The van der Waals surface area contributed by atoms with Crippen LogP contribution in [0.2, 0.25) is 10.0 Å². The summed E-state index contributed by atoms with van der Waals surface area (Å²) in [6.07, 6.45) is 0.123. The summed E-state index contributed by atoms with van der Waals surface area (Å²) in [5.74, 6) is 0.873. The highest BCUT2D eigenvalue weighted by atomic mass is 35.5. The van der Waals surface area contributed by atoms with E-state index < -0.39 is 0 Å². The topological polar surface area (TPSA) is 21.3 Å². The Bertz CT molecular complexity index is 613. The molecule has 0 bridgehead atoms. The number of rotatable bonds is 5. The van der Waals surface area contributed by atoms with E-state index in [-0.39, 0.29) is 12.1 Å². The second kappa shape index (κ2) is 7.17. The van der Waals surface area contributed by atoms with Crippen molar-refractivity contribution < 1.29 is 4.74 Å². The molecule has 0 aliphatic heterocycles. The van der Waals surface area contributed by atoms with Crippen molar-refractivity contribution in [3.63, 3.8) is 0 Å². The zero-order chi connectivity index (χ0) is 15.4. The molecule has 1 atom stereocenters. The van der Waals surface area contributed by atoms with Crippen molar-refractivity contribution >= 4 is 23.2 Å². The van der Waals surface area contributed by atoms with Crippen molar-refractivity contribution in [1.29, 1.82) is 0 Å². The summed E-state index contributed by atoms with van der Waals surface area (Å²) < 4.78 is 5.90. The van der Waals surface area contributed by atoms with Gasteiger partial charge in [-0.15, -0.1) is 0 Å². The van der Waals surface area contributed by atoms with Gasteiger partial charge in [0.25, 0.3) is 0 Å². The molecule has 0 radical (unpaired) electrons. The Labute approximate surface area is 136 Å². The molecule has 0 fully saturated rings. The predicted octanol–water partition coefficient (Wildman–Crippen LogP) is 5.09. The summed E-state index contributed by atoms with van der Waals surface area (Å²) in [6, 6.07) is 13.7. The molecule has 4 heteroatoms. The summed E-state index contributed by atoms with van der Waals surface area (Å²) in [5, 5.41) is 4.42. The smallest absolute Gasteiger partial charge is 0.124 e. The summed E-state index contributed by atoms with van der Waals surface area (Å²) in [6.45, 7) is 4.04. The summed E-state index contributed by atoms with van der Waals surface area (Å²) in [4.78, 5) is 0. The molecule has 1 N–H and O–H groups in total. The molecular weight excluding hydrogens is 305 g/mol. The van der Waals surface area contributed by atoms with Crippen molar-refractivity contribution in [2.45, 2.75) is 26.0 Å². The summed E-state index contributed by atoms with van der Waals surface area (Å²) in [5.41, 5.74) is 2.12. The number of hydrogen-bond acceptors (Lipinski definition) is 2. The highest BCUT2D eigenvalue weighted by Crippen LogP contribution is 2.33. The van der Waals surface area contributed by atoms with E-state index in [9.17, 15) is 0 Å². The number of benzene rings is 2. The molecule has 0 heterocycles. The summed E-state index contributed by atoms with van der Waals surface area (Å²) in [7, 11) is 1.92. The number of hydrogen-bond donors (Lipinski definition) is 1. The zero-order valence-corrected chi connectivity index (χ0v) is 13.9. The molecule has 1 unspecified atom stereocenters. The Balaban J connectivity index is 2.43. The average molecular weight is 324 g/mol. The molecule has 0 aromatic heterocycles. The third-order valence-corrected chi connectivity index (χ3v) is 3.90. The summed E-state index contributed by atoms with van der Waals surface area (Å²) >= 11 is 12.1. The van der Waals surface area contributed by atoms with Crippen LogP contribution in [-0.4, -0.2) is 13.2 Å². The van der Waals surface area contributed by atoms with Crippen LogP contribution >= 0.6 is 23.2 Å². The normalized spacial score (nSPS) is 12.5. The molecule has 0 aliphatic carbocycles. The highest BCUT2D eigenvalue weighted by Gasteiger charge is 2.18. The predicted molar refractivity (Wildman–Crippen MR) is 89.6 cm³/mol. The molecule has 2 aromatic rings. The molecule has 0 aliphatic rings. The van der Waals surface area contributed by atoms with Gasteiger partial charge in [0.2, 0.25) is 0 Å². The first kappa shape index (κ1) is 16.2. The van der Waals surface area contributed by atoms with Gasteiger partial charge < -0.3 is 10.1 Å². The van der Waals surface area contributed by atoms with E-state index in [1.807, 2.05) is 57.3 Å². The third-order valence-electron chi connectivity index (χ3n) is 3.16. The van der Waals surface area contributed by atoms with Gasteiger partial charge in [-0.05, 0) is 44.7 Å².